The number of carbonyl (C=O) groups is 4. The Morgan fingerprint density at radius 2 is 1.69 bits per heavy atom. The number of benzene rings is 1. The summed E-state index contributed by atoms with van der Waals surface area (Å²) in [6, 6.07) is 1.76. The van der Waals surface area contributed by atoms with Gasteiger partial charge in [-0.15, -0.1) is 0 Å². The molecule has 0 saturated carbocycles. The number of phenols is 1. The topological polar surface area (TPSA) is 206 Å². The second kappa shape index (κ2) is 12.7. The third-order valence-corrected chi connectivity index (χ3v) is 5.79. The van der Waals surface area contributed by atoms with Crippen LogP contribution in [0.1, 0.15) is 24.1 Å². The van der Waals surface area contributed by atoms with Gasteiger partial charge in [-0.2, -0.15) is 0 Å². The Balaban J connectivity index is 1.68. The Hall–Kier alpha value is -3.97. The Bertz CT molecular complexity index is 1040. The van der Waals surface area contributed by atoms with Crippen molar-refractivity contribution in [3.05, 3.63) is 48.0 Å². The number of aliphatic hydroxyl groups is 1. The fraction of sp³-hybridized carbons (Fsp3) is 0.435. The van der Waals surface area contributed by atoms with Gasteiger partial charge >= 0.3 is 5.97 Å². The highest BCUT2D eigenvalue weighted by atomic mass is 16.4. The van der Waals surface area contributed by atoms with Crippen molar-refractivity contribution in [1.82, 2.24) is 31.2 Å². The minimum atomic E-state index is -1.45. The molecule has 1 aromatic heterocycles. The van der Waals surface area contributed by atoms with E-state index in [0.29, 0.717) is 24.2 Å². The van der Waals surface area contributed by atoms with E-state index in [1.165, 1.54) is 24.7 Å². The third kappa shape index (κ3) is 7.52. The van der Waals surface area contributed by atoms with E-state index in [2.05, 4.69) is 31.2 Å². The largest absolute Gasteiger partial charge is 0.508 e. The standard InChI is InChI=1S/C23H30N6O7/c30-11-19(22(34)28-18(23(35)36)9-14-10-24-12-26-14)29-21(33)17(8-13-3-5-15(31)6-4-13)27-20(32)16-2-1-7-25-16/h3-6,10,12,16-19,25,30-31H,1-2,7-9,11H2,(H,24,26)(H,27,32)(H,28,34)(H,29,33)(H,35,36). The number of nitrogens with one attached hydrogen (secondary N) is 5. The lowest BCUT2D eigenvalue weighted by atomic mass is 10.0. The number of H-pyrrole nitrogens is 1. The molecule has 1 aromatic carbocycles. The molecule has 1 aliphatic rings. The van der Waals surface area contributed by atoms with Crippen LogP contribution in [0.4, 0.5) is 0 Å². The second-order valence-electron chi connectivity index (χ2n) is 8.50. The summed E-state index contributed by atoms with van der Waals surface area (Å²) in [7, 11) is 0. The molecule has 4 atom stereocenters. The monoisotopic (exact) mass is 502 g/mol. The summed E-state index contributed by atoms with van der Waals surface area (Å²) >= 11 is 0. The predicted molar refractivity (Wildman–Crippen MR) is 126 cm³/mol. The van der Waals surface area contributed by atoms with Crippen molar-refractivity contribution in [2.75, 3.05) is 13.2 Å². The number of aromatic amines is 1. The van der Waals surface area contributed by atoms with Crippen LogP contribution < -0.4 is 21.3 Å². The molecule has 3 amide bonds. The number of carboxylic acids is 1. The third-order valence-electron chi connectivity index (χ3n) is 5.79. The maximum atomic E-state index is 13.1. The average Bonchev–Trinajstić information content (AvgIpc) is 3.57. The van der Waals surface area contributed by atoms with Gasteiger partial charge in [-0.3, -0.25) is 14.4 Å². The van der Waals surface area contributed by atoms with Gasteiger partial charge in [0.25, 0.3) is 0 Å². The number of carboxylic acid groups (broad SMARTS) is 1. The molecule has 1 saturated heterocycles. The van der Waals surface area contributed by atoms with Crippen LogP contribution in [-0.4, -0.2) is 86.3 Å². The number of aromatic nitrogens is 2. The molecule has 8 N–H and O–H groups in total. The first-order valence-corrected chi connectivity index (χ1v) is 11.5. The van der Waals surface area contributed by atoms with E-state index < -0.39 is 48.6 Å². The minimum Gasteiger partial charge on any atom is -0.508 e. The lowest BCUT2D eigenvalue weighted by Gasteiger charge is -2.24. The summed E-state index contributed by atoms with van der Waals surface area (Å²) < 4.78 is 0. The molecular formula is C23H30N6O7. The highest BCUT2D eigenvalue weighted by Gasteiger charge is 2.31. The number of nitrogens with zero attached hydrogens (tertiary/aromatic N) is 1. The van der Waals surface area contributed by atoms with E-state index in [0.717, 1.165) is 6.42 Å². The number of imidazole rings is 1. The summed E-state index contributed by atoms with van der Waals surface area (Å²) in [5.74, 6) is -3.27. The molecule has 194 valence electrons. The molecule has 13 heteroatoms. The van der Waals surface area contributed by atoms with Crippen molar-refractivity contribution in [3.63, 3.8) is 0 Å². The normalized spacial score (nSPS) is 17.5. The molecule has 0 spiro atoms. The van der Waals surface area contributed by atoms with E-state index >= 15 is 0 Å². The highest BCUT2D eigenvalue weighted by molar-refractivity contribution is 5.94. The first-order valence-electron chi connectivity index (χ1n) is 11.5. The van der Waals surface area contributed by atoms with E-state index in [-0.39, 0.29) is 24.5 Å². The average molecular weight is 503 g/mol. The van der Waals surface area contributed by atoms with E-state index in [4.69, 9.17) is 0 Å². The van der Waals surface area contributed by atoms with Crippen molar-refractivity contribution in [2.24, 2.45) is 0 Å². The van der Waals surface area contributed by atoms with E-state index in [1.54, 1.807) is 12.1 Å². The zero-order valence-electron chi connectivity index (χ0n) is 19.4. The zero-order valence-corrected chi connectivity index (χ0v) is 19.4. The first kappa shape index (κ1) is 26.6. The summed E-state index contributed by atoms with van der Waals surface area (Å²) in [4.78, 5) is 56.6. The zero-order chi connectivity index (χ0) is 26.1. The number of aliphatic hydroxyl groups excluding tert-OH is 1. The molecule has 1 fully saturated rings. The molecule has 0 bridgehead atoms. The van der Waals surface area contributed by atoms with Crippen molar-refractivity contribution in [3.8, 4) is 5.75 Å². The molecule has 2 aromatic rings. The van der Waals surface area contributed by atoms with Gasteiger partial charge in [0, 0.05) is 24.7 Å². The van der Waals surface area contributed by atoms with Crippen LogP contribution in [0.15, 0.2) is 36.8 Å². The van der Waals surface area contributed by atoms with Gasteiger partial charge in [-0.05, 0) is 37.1 Å². The van der Waals surface area contributed by atoms with Crippen LogP contribution in [-0.2, 0) is 32.0 Å². The summed E-state index contributed by atoms with van der Waals surface area (Å²) in [5, 5.41) is 39.2. The molecule has 1 aliphatic heterocycles. The fourth-order valence-electron chi connectivity index (χ4n) is 3.81. The van der Waals surface area contributed by atoms with Crippen molar-refractivity contribution in [1.29, 1.82) is 0 Å². The Morgan fingerprint density at radius 1 is 1.00 bits per heavy atom. The van der Waals surface area contributed by atoms with Gasteiger partial charge in [0.05, 0.1) is 19.0 Å². The first-order chi connectivity index (χ1) is 17.3. The van der Waals surface area contributed by atoms with Gasteiger partial charge in [-0.25, -0.2) is 9.78 Å². The molecule has 2 heterocycles. The molecular weight excluding hydrogens is 472 g/mol. The number of rotatable bonds is 12. The number of phenolic OH excluding ortho intramolecular Hbond substituents is 1. The Morgan fingerprint density at radius 3 is 2.28 bits per heavy atom. The van der Waals surface area contributed by atoms with E-state index in [9.17, 15) is 34.5 Å². The summed E-state index contributed by atoms with van der Waals surface area (Å²) in [5.41, 5.74) is 1.12. The van der Waals surface area contributed by atoms with Crippen molar-refractivity contribution < 1.29 is 34.5 Å². The number of hydrogen-bond acceptors (Lipinski definition) is 8. The fourth-order valence-corrected chi connectivity index (χ4v) is 3.81. The number of aromatic hydroxyl groups is 1. The molecule has 0 radical (unpaired) electrons. The van der Waals surface area contributed by atoms with Gasteiger partial charge < -0.3 is 41.6 Å². The molecule has 4 unspecified atom stereocenters. The van der Waals surface area contributed by atoms with Crippen LogP contribution in [0.25, 0.3) is 0 Å². The smallest absolute Gasteiger partial charge is 0.326 e. The van der Waals surface area contributed by atoms with Gasteiger partial charge in [0.1, 0.15) is 23.9 Å². The van der Waals surface area contributed by atoms with Crippen molar-refractivity contribution in [2.45, 2.75) is 49.9 Å². The number of hydrogen-bond donors (Lipinski definition) is 8. The van der Waals surface area contributed by atoms with Gasteiger partial charge in [0.15, 0.2) is 0 Å². The lowest BCUT2D eigenvalue weighted by Crippen LogP contribution is -2.58. The number of aliphatic carboxylic acids is 1. The second-order valence-corrected chi connectivity index (χ2v) is 8.50. The minimum absolute atomic E-state index is 0.0408. The molecule has 36 heavy (non-hydrogen) atoms. The highest BCUT2D eigenvalue weighted by Crippen LogP contribution is 2.12. The van der Waals surface area contributed by atoms with Crippen LogP contribution in [0.3, 0.4) is 0 Å². The SMILES string of the molecule is O=C(O)C(Cc1cnc[nH]1)NC(=O)C(CO)NC(=O)C(Cc1ccc(O)cc1)NC(=O)C1CCCN1. The quantitative estimate of drug-likeness (QED) is 0.164. The Labute approximate surface area is 206 Å². The van der Waals surface area contributed by atoms with Crippen LogP contribution >= 0.6 is 0 Å². The predicted octanol–water partition coefficient (Wildman–Crippen LogP) is -1.82. The summed E-state index contributed by atoms with van der Waals surface area (Å²) in [6.45, 7) is -0.110. The Kier molecular flexibility index (Phi) is 9.36. The maximum Gasteiger partial charge on any atom is 0.326 e. The summed E-state index contributed by atoms with van der Waals surface area (Å²) in [6.07, 6.45) is 4.21. The van der Waals surface area contributed by atoms with Crippen LogP contribution in [0.2, 0.25) is 0 Å². The molecule has 13 nitrogen and oxygen atoms in total. The van der Waals surface area contributed by atoms with Gasteiger partial charge in [0.2, 0.25) is 17.7 Å². The van der Waals surface area contributed by atoms with Crippen LogP contribution in [0.5, 0.6) is 5.75 Å². The molecule has 3 rings (SSSR count). The van der Waals surface area contributed by atoms with Crippen LogP contribution in [0, 0.1) is 0 Å². The van der Waals surface area contributed by atoms with E-state index in [1.807, 2.05) is 0 Å². The number of amides is 3. The lowest BCUT2D eigenvalue weighted by molar-refractivity contribution is -0.142. The van der Waals surface area contributed by atoms with Gasteiger partial charge in [-0.1, -0.05) is 12.1 Å². The maximum absolute atomic E-state index is 13.1. The molecule has 0 aliphatic carbocycles. The van der Waals surface area contributed by atoms with Crippen molar-refractivity contribution >= 4 is 23.7 Å². The number of carbonyl (C=O) groups excluding carboxylic acids is 3.